The fourth-order valence-electron chi connectivity index (χ4n) is 1.34. The van der Waals surface area contributed by atoms with Crippen molar-refractivity contribution in [1.29, 1.82) is 0 Å². The van der Waals surface area contributed by atoms with Crippen molar-refractivity contribution in [3.63, 3.8) is 0 Å². The summed E-state index contributed by atoms with van der Waals surface area (Å²) < 4.78 is 0. The molecule has 0 fully saturated rings. The molecule has 0 saturated heterocycles. The van der Waals surface area contributed by atoms with Gasteiger partial charge in [0.25, 0.3) is 0 Å². The molecule has 1 rings (SSSR count). The van der Waals surface area contributed by atoms with Gasteiger partial charge in [-0.15, -0.1) is 0 Å². The molecule has 0 unspecified atom stereocenters. The van der Waals surface area contributed by atoms with Gasteiger partial charge in [0.15, 0.2) is 0 Å². The zero-order valence-electron chi connectivity index (χ0n) is 8.03. The molecule has 1 atom stereocenters. The lowest BCUT2D eigenvalue weighted by Gasteiger charge is -2.10. The largest absolute Gasteiger partial charge is 0.388 e. The Hall–Kier alpha value is -0.860. The molecule has 0 spiro atoms. The van der Waals surface area contributed by atoms with Crippen molar-refractivity contribution in [2.45, 2.75) is 25.9 Å². The number of rotatable bonds is 4. The third-order valence-corrected chi connectivity index (χ3v) is 2.18. The highest BCUT2D eigenvalue weighted by Crippen LogP contribution is 2.17. The van der Waals surface area contributed by atoms with Crippen LogP contribution in [0.3, 0.4) is 0 Å². The van der Waals surface area contributed by atoms with Crippen LogP contribution in [-0.4, -0.2) is 11.7 Å². The Balaban J connectivity index is 2.75. The minimum Gasteiger partial charge on any atom is -0.388 e. The molecule has 0 bridgehead atoms. The summed E-state index contributed by atoms with van der Waals surface area (Å²) >= 11 is 0. The fourth-order valence-corrected chi connectivity index (χ4v) is 1.34. The normalized spacial score (nSPS) is 12.8. The van der Waals surface area contributed by atoms with E-state index in [1.54, 1.807) is 0 Å². The SMILES string of the molecule is CCc1cccc([C@@H](O)CCN)c1. The van der Waals surface area contributed by atoms with Crippen LogP contribution in [0.1, 0.15) is 30.6 Å². The molecule has 0 aliphatic carbocycles. The molecule has 0 amide bonds. The molecule has 0 aliphatic heterocycles. The van der Waals surface area contributed by atoms with E-state index in [1.807, 2.05) is 18.2 Å². The van der Waals surface area contributed by atoms with Crippen molar-refractivity contribution in [2.75, 3.05) is 6.54 Å². The van der Waals surface area contributed by atoms with Crippen LogP contribution in [0.4, 0.5) is 0 Å². The lowest BCUT2D eigenvalue weighted by atomic mass is 10.0. The Labute approximate surface area is 79.4 Å². The molecular weight excluding hydrogens is 162 g/mol. The van der Waals surface area contributed by atoms with Gasteiger partial charge in [-0.3, -0.25) is 0 Å². The lowest BCUT2D eigenvalue weighted by molar-refractivity contribution is 0.170. The molecule has 2 heteroatoms. The average molecular weight is 179 g/mol. The third-order valence-electron chi connectivity index (χ3n) is 2.18. The second kappa shape index (κ2) is 5.00. The Morgan fingerprint density at radius 2 is 2.23 bits per heavy atom. The first kappa shape index (κ1) is 10.2. The molecule has 1 aromatic carbocycles. The lowest BCUT2D eigenvalue weighted by Crippen LogP contribution is -2.06. The van der Waals surface area contributed by atoms with Gasteiger partial charge in [-0.2, -0.15) is 0 Å². The summed E-state index contributed by atoms with van der Waals surface area (Å²) in [6.45, 7) is 2.63. The quantitative estimate of drug-likeness (QED) is 0.738. The number of nitrogens with two attached hydrogens (primary N) is 1. The van der Waals surface area contributed by atoms with Gasteiger partial charge >= 0.3 is 0 Å². The summed E-state index contributed by atoms with van der Waals surface area (Å²) in [6, 6.07) is 8.03. The minimum absolute atomic E-state index is 0.406. The molecule has 0 aromatic heterocycles. The molecule has 1 aromatic rings. The highest BCUT2D eigenvalue weighted by Gasteiger charge is 2.05. The van der Waals surface area contributed by atoms with E-state index in [2.05, 4.69) is 13.0 Å². The van der Waals surface area contributed by atoms with Crippen LogP contribution < -0.4 is 5.73 Å². The maximum absolute atomic E-state index is 9.66. The number of aryl methyl sites for hydroxylation is 1. The number of aliphatic hydroxyl groups excluding tert-OH is 1. The smallest absolute Gasteiger partial charge is 0.0802 e. The summed E-state index contributed by atoms with van der Waals surface area (Å²) in [5, 5.41) is 9.66. The Kier molecular flexibility index (Phi) is 3.93. The zero-order chi connectivity index (χ0) is 9.68. The van der Waals surface area contributed by atoms with Crippen LogP contribution in [-0.2, 0) is 6.42 Å². The molecule has 13 heavy (non-hydrogen) atoms. The predicted octanol–water partition coefficient (Wildman–Crippen LogP) is 1.63. The van der Waals surface area contributed by atoms with Crippen LogP contribution in [0.25, 0.3) is 0 Å². The van der Waals surface area contributed by atoms with Crippen molar-refractivity contribution in [3.8, 4) is 0 Å². The molecule has 2 nitrogen and oxygen atoms in total. The van der Waals surface area contributed by atoms with Crippen LogP contribution in [0.2, 0.25) is 0 Å². The van der Waals surface area contributed by atoms with Gasteiger partial charge in [0.2, 0.25) is 0 Å². The van der Waals surface area contributed by atoms with Gasteiger partial charge in [-0.1, -0.05) is 31.2 Å². The van der Waals surface area contributed by atoms with E-state index in [1.165, 1.54) is 5.56 Å². The molecule has 0 radical (unpaired) electrons. The standard InChI is InChI=1S/C11H17NO/c1-2-9-4-3-5-10(8-9)11(13)6-7-12/h3-5,8,11,13H,2,6-7,12H2,1H3/t11-/m0/s1. The number of hydrogen-bond acceptors (Lipinski definition) is 2. The Morgan fingerprint density at radius 1 is 1.46 bits per heavy atom. The number of benzene rings is 1. The molecule has 0 aliphatic rings. The monoisotopic (exact) mass is 179 g/mol. The second-order valence-electron chi connectivity index (χ2n) is 3.19. The van der Waals surface area contributed by atoms with Crippen LogP contribution in [0.15, 0.2) is 24.3 Å². The van der Waals surface area contributed by atoms with Gasteiger partial charge in [-0.05, 0) is 30.5 Å². The highest BCUT2D eigenvalue weighted by molar-refractivity contribution is 5.25. The first-order valence-corrected chi connectivity index (χ1v) is 4.75. The zero-order valence-corrected chi connectivity index (χ0v) is 8.03. The summed E-state index contributed by atoms with van der Waals surface area (Å²) in [5.74, 6) is 0. The predicted molar refractivity (Wildman–Crippen MR) is 54.5 cm³/mol. The third kappa shape index (κ3) is 2.83. The van der Waals surface area contributed by atoms with Crippen molar-refractivity contribution >= 4 is 0 Å². The Morgan fingerprint density at radius 3 is 2.85 bits per heavy atom. The van der Waals surface area contributed by atoms with E-state index in [9.17, 15) is 5.11 Å². The molecular formula is C11H17NO. The van der Waals surface area contributed by atoms with Gasteiger partial charge in [0, 0.05) is 0 Å². The Bertz CT molecular complexity index is 260. The second-order valence-corrected chi connectivity index (χ2v) is 3.19. The summed E-state index contributed by atoms with van der Waals surface area (Å²) in [4.78, 5) is 0. The van der Waals surface area contributed by atoms with Gasteiger partial charge in [0.05, 0.1) is 6.10 Å². The maximum Gasteiger partial charge on any atom is 0.0802 e. The van der Waals surface area contributed by atoms with Crippen molar-refractivity contribution in [1.82, 2.24) is 0 Å². The first-order valence-electron chi connectivity index (χ1n) is 4.75. The maximum atomic E-state index is 9.66. The van der Waals surface area contributed by atoms with Crippen LogP contribution in [0, 0.1) is 0 Å². The van der Waals surface area contributed by atoms with Gasteiger partial charge in [0.1, 0.15) is 0 Å². The summed E-state index contributed by atoms with van der Waals surface area (Å²) in [6.07, 6.45) is 1.23. The van der Waals surface area contributed by atoms with E-state index in [4.69, 9.17) is 5.73 Å². The molecule has 0 heterocycles. The number of hydrogen-bond donors (Lipinski definition) is 2. The minimum atomic E-state index is -0.406. The summed E-state index contributed by atoms with van der Waals surface area (Å²) in [5.41, 5.74) is 7.61. The molecule has 3 N–H and O–H groups in total. The van der Waals surface area contributed by atoms with E-state index in [0.717, 1.165) is 12.0 Å². The van der Waals surface area contributed by atoms with E-state index >= 15 is 0 Å². The van der Waals surface area contributed by atoms with Crippen molar-refractivity contribution < 1.29 is 5.11 Å². The highest BCUT2D eigenvalue weighted by atomic mass is 16.3. The van der Waals surface area contributed by atoms with Crippen LogP contribution in [0.5, 0.6) is 0 Å². The van der Waals surface area contributed by atoms with Crippen molar-refractivity contribution in [2.24, 2.45) is 5.73 Å². The van der Waals surface area contributed by atoms with Crippen LogP contribution >= 0.6 is 0 Å². The van der Waals surface area contributed by atoms with E-state index in [-0.39, 0.29) is 0 Å². The molecule has 0 saturated carbocycles. The molecule has 72 valence electrons. The van der Waals surface area contributed by atoms with Crippen molar-refractivity contribution in [3.05, 3.63) is 35.4 Å². The van der Waals surface area contributed by atoms with Gasteiger partial charge in [-0.25, -0.2) is 0 Å². The fraction of sp³-hybridized carbons (Fsp3) is 0.455. The summed E-state index contributed by atoms with van der Waals surface area (Å²) in [7, 11) is 0. The number of aliphatic hydroxyl groups is 1. The topological polar surface area (TPSA) is 46.2 Å². The first-order chi connectivity index (χ1) is 6.27. The average Bonchev–Trinajstić information content (AvgIpc) is 2.18. The van der Waals surface area contributed by atoms with E-state index in [0.29, 0.717) is 13.0 Å². The van der Waals surface area contributed by atoms with Gasteiger partial charge < -0.3 is 10.8 Å². The van der Waals surface area contributed by atoms with E-state index < -0.39 is 6.10 Å².